The van der Waals surface area contributed by atoms with Gasteiger partial charge in [0.25, 0.3) is 0 Å². The first-order chi connectivity index (χ1) is 6.25. The van der Waals surface area contributed by atoms with Gasteiger partial charge in [0.2, 0.25) is 5.88 Å². The van der Waals surface area contributed by atoms with E-state index in [-0.39, 0.29) is 6.10 Å². The summed E-state index contributed by atoms with van der Waals surface area (Å²) >= 11 is 5.89. The van der Waals surface area contributed by atoms with Crippen molar-refractivity contribution in [2.45, 2.75) is 13.0 Å². The number of ether oxygens (including phenoxy) is 2. The molecule has 1 aliphatic heterocycles. The molecule has 2 rings (SSSR count). The molecule has 2 heterocycles. The van der Waals surface area contributed by atoms with E-state index >= 15 is 0 Å². The number of halogens is 1. The maximum atomic E-state index is 5.89. The van der Waals surface area contributed by atoms with Gasteiger partial charge in [0.1, 0.15) is 11.1 Å². The summed E-state index contributed by atoms with van der Waals surface area (Å²) in [6, 6.07) is 3.64. The monoisotopic (exact) mass is 199 g/mol. The fourth-order valence-electron chi connectivity index (χ4n) is 1.04. The van der Waals surface area contributed by atoms with E-state index < -0.39 is 0 Å². The van der Waals surface area contributed by atoms with Crippen molar-refractivity contribution in [3.05, 3.63) is 22.8 Å². The van der Waals surface area contributed by atoms with E-state index in [2.05, 4.69) is 4.98 Å². The summed E-state index contributed by atoms with van der Waals surface area (Å²) in [5.74, 6) is 0.509. The Morgan fingerprint density at radius 2 is 2.31 bits per heavy atom. The van der Waals surface area contributed by atoms with Crippen molar-refractivity contribution >= 4 is 11.6 Å². The highest BCUT2D eigenvalue weighted by molar-refractivity contribution is 6.31. The van der Waals surface area contributed by atoms with Crippen LogP contribution in [0.2, 0.25) is 5.02 Å². The molecule has 1 saturated heterocycles. The predicted molar refractivity (Wildman–Crippen MR) is 49.2 cm³/mol. The number of aryl methyl sites for hydroxylation is 1. The Hall–Kier alpha value is -0.800. The average Bonchev–Trinajstić information content (AvgIpc) is 2.03. The molecule has 0 bridgehead atoms. The van der Waals surface area contributed by atoms with Crippen LogP contribution in [-0.2, 0) is 4.74 Å². The van der Waals surface area contributed by atoms with Crippen LogP contribution < -0.4 is 4.74 Å². The lowest BCUT2D eigenvalue weighted by Crippen LogP contribution is -2.38. The molecule has 70 valence electrons. The topological polar surface area (TPSA) is 31.4 Å². The highest BCUT2D eigenvalue weighted by atomic mass is 35.5. The minimum absolute atomic E-state index is 0.117. The van der Waals surface area contributed by atoms with Gasteiger partial charge in [0, 0.05) is 5.69 Å². The normalized spacial score (nSPS) is 16.8. The molecular weight excluding hydrogens is 190 g/mol. The number of nitrogens with zero attached hydrogens (tertiary/aromatic N) is 1. The summed E-state index contributed by atoms with van der Waals surface area (Å²) < 4.78 is 10.5. The Bertz CT molecular complexity index is 312. The predicted octanol–water partition coefficient (Wildman–Crippen LogP) is 1.82. The summed E-state index contributed by atoms with van der Waals surface area (Å²) in [5.41, 5.74) is 0.902. The van der Waals surface area contributed by atoms with Gasteiger partial charge in [-0.1, -0.05) is 11.6 Å². The van der Waals surface area contributed by atoms with Gasteiger partial charge in [-0.05, 0) is 19.1 Å². The summed E-state index contributed by atoms with van der Waals surface area (Å²) in [7, 11) is 0. The lowest BCUT2D eigenvalue weighted by Gasteiger charge is -2.26. The summed E-state index contributed by atoms with van der Waals surface area (Å²) in [6.07, 6.45) is 0.117. The second kappa shape index (κ2) is 3.52. The molecule has 0 unspecified atom stereocenters. The summed E-state index contributed by atoms with van der Waals surface area (Å²) in [6.45, 7) is 3.17. The van der Waals surface area contributed by atoms with E-state index in [0.717, 1.165) is 5.69 Å². The van der Waals surface area contributed by atoms with Crippen LogP contribution in [0, 0.1) is 6.92 Å². The molecule has 13 heavy (non-hydrogen) atoms. The zero-order valence-corrected chi connectivity index (χ0v) is 8.04. The van der Waals surface area contributed by atoms with E-state index in [1.54, 1.807) is 6.07 Å². The van der Waals surface area contributed by atoms with Gasteiger partial charge in [-0.25, -0.2) is 4.98 Å². The highest BCUT2D eigenvalue weighted by Gasteiger charge is 2.21. The molecule has 0 N–H and O–H groups in total. The Balaban J connectivity index is 2.13. The van der Waals surface area contributed by atoms with Crippen LogP contribution in [0.25, 0.3) is 0 Å². The molecule has 0 saturated carbocycles. The quantitative estimate of drug-likeness (QED) is 0.728. The third kappa shape index (κ3) is 1.92. The van der Waals surface area contributed by atoms with Crippen LogP contribution in [-0.4, -0.2) is 24.3 Å². The molecule has 1 fully saturated rings. The van der Waals surface area contributed by atoms with Crippen molar-refractivity contribution in [1.29, 1.82) is 0 Å². The second-order valence-electron chi connectivity index (χ2n) is 3.02. The molecule has 3 nitrogen and oxygen atoms in total. The lowest BCUT2D eigenvalue weighted by molar-refractivity contribution is -0.0813. The number of aromatic nitrogens is 1. The second-order valence-corrected chi connectivity index (χ2v) is 3.42. The van der Waals surface area contributed by atoms with Gasteiger partial charge in [0.15, 0.2) is 0 Å². The van der Waals surface area contributed by atoms with Crippen LogP contribution in [0.1, 0.15) is 5.69 Å². The first-order valence-corrected chi connectivity index (χ1v) is 4.51. The van der Waals surface area contributed by atoms with Crippen LogP contribution in [0.4, 0.5) is 0 Å². The molecule has 0 radical (unpaired) electrons. The van der Waals surface area contributed by atoms with Gasteiger partial charge >= 0.3 is 0 Å². The Morgan fingerprint density at radius 3 is 2.92 bits per heavy atom. The summed E-state index contributed by atoms with van der Waals surface area (Å²) in [4.78, 5) is 4.18. The van der Waals surface area contributed by atoms with Crippen LogP contribution >= 0.6 is 11.6 Å². The highest BCUT2D eigenvalue weighted by Crippen LogP contribution is 2.24. The third-order valence-corrected chi connectivity index (χ3v) is 2.13. The molecule has 1 aromatic heterocycles. The molecule has 1 aromatic rings. The molecule has 0 aromatic carbocycles. The minimum Gasteiger partial charge on any atom is -0.468 e. The van der Waals surface area contributed by atoms with Crippen molar-refractivity contribution in [3.63, 3.8) is 0 Å². The molecule has 0 aliphatic carbocycles. The van der Waals surface area contributed by atoms with E-state index in [4.69, 9.17) is 21.1 Å². The minimum atomic E-state index is 0.117. The fourth-order valence-corrected chi connectivity index (χ4v) is 1.19. The van der Waals surface area contributed by atoms with Crippen molar-refractivity contribution in [1.82, 2.24) is 4.98 Å². The van der Waals surface area contributed by atoms with Gasteiger partial charge in [0.05, 0.1) is 13.2 Å². The Kier molecular flexibility index (Phi) is 2.38. The van der Waals surface area contributed by atoms with Gasteiger partial charge in [-0.3, -0.25) is 0 Å². The van der Waals surface area contributed by atoms with E-state index in [9.17, 15) is 0 Å². The van der Waals surface area contributed by atoms with Crippen molar-refractivity contribution in [3.8, 4) is 5.88 Å². The van der Waals surface area contributed by atoms with E-state index in [0.29, 0.717) is 24.1 Å². The van der Waals surface area contributed by atoms with Gasteiger partial charge < -0.3 is 9.47 Å². The number of pyridine rings is 1. The molecule has 0 atom stereocenters. The molecule has 4 heteroatoms. The van der Waals surface area contributed by atoms with Crippen molar-refractivity contribution in [2.75, 3.05) is 13.2 Å². The standard InChI is InChI=1S/C9H10ClNO2/c1-6-2-3-8(10)9(11-6)13-7-4-12-5-7/h2-3,7H,4-5H2,1H3. The molecule has 1 aliphatic rings. The Morgan fingerprint density at radius 1 is 1.54 bits per heavy atom. The zero-order valence-electron chi connectivity index (χ0n) is 7.29. The molecule has 0 spiro atoms. The van der Waals surface area contributed by atoms with E-state index in [1.807, 2.05) is 13.0 Å². The molecular formula is C9H10ClNO2. The van der Waals surface area contributed by atoms with E-state index in [1.165, 1.54) is 0 Å². The number of hydrogen-bond acceptors (Lipinski definition) is 3. The largest absolute Gasteiger partial charge is 0.468 e. The smallest absolute Gasteiger partial charge is 0.233 e. The fraction of sp³-hybridized carbons (Fsp3) is 0.444. The Labute approximate surface area is 81.6 Å². The van der Waals surface area contributed by atoms with Crippen LogP contribution in [0.3, 0.4) is 0 Å². The van der Waals surface area contributed by atoms with Gasteiger partial charge in [-0.15, -0.1) is 0 Å². The third-order valence-electron chi connectivity index (χ3n) is 1.84. The van der Waals surface area contributed by atoms with Crippen molar-refractivity contribution in [2.24, 2.45) is 0 Å². The van der Waals surface area contributed by atoms with Crippen LogP contribution in [0.15, 0.2) is 12.1 Å². The summed E-state index contributed by atoms with van der Waals surface area (Å²) in [5, 5.41) is 0.553. The first-order valence-electron chi connectivity index (χ1n) is 4.13. The zero-order chi connectivity index (χ0) is 9.26. The number of hydrogen-bond donors (Lipinski definition) is 0. The average molecular weight is 200 g/mol. The maximum Gasteiger partial charge on any atom is 0.233 e. The van der Waals surface area contributed by atoms with Gasteiger partial charge in [-0.2, -0.15) is 0 Å². The molecule has 0 amide bonds. The first kappa shape index (κ1) is 8.78. The van der Waals surface area contributed by atoms with Crippen molar-refractivity contribution < 1.29 is 9.47 Å². The SMILES string of the molecule is Cc1ccc(Cl)c(OC2COC2)n1. The maximum absolute atomic E-state index is 5.89. The van der Waals surface area contributed by atoms with Crippen LogP contribution in [0.5, 0.6) is 5.88 Å². The lowest BCUT2D eigenvalue weighted by atomic mass is 10.3. The number of rotatable bonds is 2.